The summed E-state index contributed by atoms with van der Waals surface area (Å²) in [5.74, 6) is 0.267. The van der Waals surface area contributed by atoms with Gasteiger partial charge < -0.3 is 15.4 Å². The largest absolute Gasteiger partial charge is 0.481 e. The quantitative estimate of drug-likeness (QED) is 0.758. The molecule has 1 unspecified atom stereocenters. The van der Waals surface area contributed by atoms with Gasteiger partial charge in [-0.2, -0.15) is 0 Å². The molecule has 1 aromatic heterocycles. The average Bonchev–Trinajstić information content (AvgIpc) is 2.93. The summed E-state index contributed by atoms with van der Waals surface area (Å²) in [7, 11) is 0. The molecule has 0 bridgehead atoms. The Morgan fingerprint density at radius 2 is 2.47 bits per heavy atom. The highest BCUT2D eigenvalue weighted by atomic mass is 16.5. The Morgan fingerprint density at radius 1 is 1.73 bits per heavy atom. The first-order chi connectivity index (χ1) is 7.20. The van der Waals surface area contributed by atoms with Gasteiger partial charge in [0.05, 0.1) is 12.1 Å². The minimum absolute atomic E-state index is 0.00708. The van der Waals surface area contributed by atoms with Gasteiger partial charge in [-0.25, -0.2) is 0 Å². The molecule has 0 radical (unpaired) electrons. The van der Waals surface area contributed by atoms with Crippen LogP contribution in [-0.4, -0.2) is 22.8 Å². The second-order valence-electron chi connectivity index (χ2n) is 3.96. The number of nitrogens with two attached hydrogens (primary N) is 1. The number of hydrogen-bond donors (Lipinski definition) is 2. The molecule has 1 heterocycles. The van der Waals surface area contributed by atoms with E-state index in [2.05, 4.69) is 5.16 Å². The Kier molecular flexibility index (Phi) is 2.73. The third kappa shape index (κ3) is 2.36. The van der Waals surface area contributed by atoms with Crippen molar-refractivity contribution in [1.82, 2.24) is 5.16 Å². The van der Waals surface area contributed by atoms with Gasteiger partial charge in [0.25, 0.3) is 0 Å². The summed E-state index contributed by atoms with van der Waals surface area (Å²) in [6, 6.07) is 1.85. The zero-order chi connectivity index (χ0) is 10.8. The van der Waals surface area contributed by atoms with Crippen LogP contribution in [0, 0.1) is 0 Å². The standard InChI is InChI=1S/C10H14N2O3/c11-5-7(3-10(13)14)8-4-9(15-12-8)6-1-2-6/h4,6-7H,1-3,5,11H2,(H,13,14). The molecule has 0 aliphatic heterocycles. The molecule has 0 aromatic carbocycles. The van der Waals surface area contributed by atoms with Gasteiger partial charge in [0.15, 0.2) is 0 Å². The van der Waals surface area contributed by atoms with Gasteiger partial charge in [-0.3, -0.25) is 4.79 Å². The van der Waals surface area contributed by atoms with Crippen molar-refractivity contribution in [3.05, 3.63) is 17.5 Å². The molecule has 1 aromatic rings. The predicted octanol–water partition coefficient (Wildman–Crippen LogP) is 1.07. The monoisotopic (exact) mass is 210 g/mol. The van der Waals surface area contributed by atoms with E-state index in [1.807, 2.05) is 6.07 Å². The predicted molar refractivity (Wildman–Crippen MR) is 52.5 cm³/mol. The maximum absolute atomic E-state index is 10.6. The molecule has 5 heteroatoms. The topological polar surface area (TPSA) is 89.4 Å². The van der Waals surface area contributed by atoms with E-state index in [4.69, 9.17) is 15.4 Å². The lowest BCUT2D eigenvalue weighted by molar-refractivity contribution is -0.137. The molecular formula is C10H14N2O3. The van der Waals surface area contributed by atoms with Gasteiger partial charge in [0, 0.05) is 24.4 Å². The van der Waals surface area contributed by atoms with E-state index in [0.717, 1.165) is 18.6 Å². The summed E-state index contributed by atoms with van der Waals surface area (Å²) in [5.41, 5.74) is 6.18. The molecule has 1 saturated carbocycles. The van der Waals surface area contributed by atoms with Crippen LogP contribution in [0.3, 0.4) is 0 Å². The van der Waals surface area contributed by atoms with E-state index in [9.17, 15) is 4.79 Å². The lowest BCUT2D eigenvalue weighted by atomic mass is 10.0. The second-order valence-corrected chi connectivity index (χ2v) is 3.96. The first-order valence-electron chi connectivity index (χ1n) is 5.09. The zero-order valence-electron chi connectivity index (χ0n) is 8.35. The molecule has 0 saturated heterocycles. The molecular weight excluding hydrogens is 196 g/mol. The molecule has 1 fully saturated rings. The third-order valence-electron chi connectivity index (χ3n) is 2.65. The lowest BCUT2D eigenvalue weighted by Crippen LogP contribution is -2.16. The molecule has 5 nitrogen and oxygen atoms in total. The summed E-state index contributed by atoms with van der Waals surface area (Å²) >= 11 is 0. The first-order valence-corrected chi connectivity index (χ1v) is 5.09. The molecule has 0 amide bonds. The van der Waals surface area contributed by atoms with Gasteiger partial charge >= 0.3 is 5.97 Å². The molecule has 0 spiro atoms. The van der Waals surface area contributed by atoms with E-state index in [-0.39, 0.29) is 18.9 Å². The Morgan fingerprint density at radius 3 is 3.00 bits per heavy atom. The van der Waals surface area contributed by atoms with Crippen molar-refractivity contribution in [3.63, 3.8) is 0 Å². The van der Waals surface area contributed by atoms with E-state index >= 15 is 0 Å². The SMILES string of the molecule is NCC(CC(=O)O)c1cc(C2CC2)on1. The molecule has 1 aliphatic rings. The highest BCUT2D eigenvalue weighted by Crippen LogP contribution is 2.40. The summed E-state index contributed by atoms with van der Waals surface area (Å²) in [6.07, 6.45) is 2.29. The van der Waals surface area contributed by atoms with Crippen molar-refractivity contribution in [3.8, 4) is 0 Å². The molecule has 3 N–H and O–H groups in total. The molecule has 1 aliphatic carbocycles. The van der Waals surface area contributed by atoms with Gasteiger partial charge in [0.1, 0.15) is 5.76 Å². The second kappa shape index (κ2) is 4.02. The number of hydrogen-bond acceptors (Lipinski definition) is 4. The zero-order valence-corrected chi connectivity index (χ0v) is 8.35. The number of nitrogens with zero attached hydrogens (tertiary/aromatic N) is 1. The van der Waals surface area contributed by atoms with Gasteiger partial charge in [-0.1, -0.05) is 5.16 Å². The van der Waals surface area contributed by atoms with Gasteiger partial charge in [-0.15, -0.1) is 0 Å². The lowest BCUT2D eigenvalue weighted by Gasteiger charge is -2.06. The summed E-state index contributed by atoms with van der Waals surface area (Å²) in [5, 5.41) is 12.6. The summed E-state index contributed by atoms with van der Waals surface area (Å²) < 4.78 is 5.15. The van der Waals surface area contributed by atoms with Crippen LogP contribution in [0.1, 0.15) is 42.6 Å². The van der Waals surface area contributed by atoms with Crippen LogP contribution in [0.25, 0.3) is 0 Å². The van der Waals surface area contributed by atoms with Crippen molar-refractivity contribution < 1.29 is 14.4 Å². The van der Waals surface area contributed by atoms with Crippen LogP contribution in [0.2, 0.25) is 0 Å². The number of aliphatic carboxylic acids is 1. The summed E-state index contributed by atoms with van der Waals surface area (Å²) in [6.45, 7) is 0.281. The van der Waals surface area contributed by atoms with E-state index in [0.29, 0.717) is 11.6 Å². The van der Waals surface area contributed by atoms with Crippen LogP contribution in [-0.2, 0) is 4.79 Å². The van der Waals surface area contributed by atoms with Crippen LogP contribution >= 0.6 is 0 Å². The Hall–Kier alpha value is -1.36. The van der Waals surface area contributed by atoms with Crippen molar-refractivity contribution in [1.29, 1.82) is 0 Å². The van der Waals surface area contributed by atoms with Crippen molar-refractivity contribution in [2.75, 3.05) is 6.54 Å². The van der Waals surface area contributed by atoms with Gasteiger partial charge in [0.2, 0.25) is 0 Å². The van der Waals surface area contributed by atoms with Crippen LogP contribution in [0.15, 0.2) is 10.6 Å². The third-order valence-corrected chi connectivity index (χ3v) is 2.65. The molecule has 15 heavy (non-hydrogen) atoms. The van der Waals surface area contributed by atoms with Gasteiger partial charge in [-0.05, 0) is 12.8 Å². The highest BCUT2D eigenvalue weighted by molar-refractivity contribution is 5.67. The van der Waals surface area contributed by atoms with Crippen LogP contribution < -0.4 is 5.73 Å². The number of rotatable bonds is 5. The highest BCUT2D eigenvalue weighted by Gasteiger charge is 2.29. The normalized spacial score (nSPS) is 17.7. The first kappa shape index (κ1) is 10.2. The fraction of sp³-hybridized carbons (Fsp3) is 0.600. The maximum Gasteiger partial charge on any atom is 0.304 e. The van der Waals surface area contributed by atoms with Crippen molar-refractivity contribution >= 4 is 5.97 Å². The Labute approximate surface area is 87.2 Å². The summed E-state index contributed by atoms with van der Waals surface area (Å²) in [4.78, 5) is 10.6. The molecule has 1 atom stereocenters. The number of carboxylic acid groups (broad SMARTS) is 1. The number of carbonyl (C=O) groups is 1. The Balaban J connectivity index is 2.07. The Bertz CT molecular complexity index is 357. The molecule has 2 rings (SSSR count). The smallest absolute Gasteiger partial charge is 0.304 e. The fourth-order valence-corrected chi connectivity index (χ4v) is 1.58. The minimum Gasteiger partial charge on any atom is -0.481 e. The average molecular weight is 210 g/mol. The number of aromatic nitrogens is 1. The van der Waals surface area contributed by atoms with E-state index < -0.39 is 5.97 Å². The maximum atomic E-state index is 10.6. The van der Waals surface area contributed by atoms with Crippen LogP contribution in [0.4, 0.5) is 0 Å². The molecule has 82 valence electrons. The van der Waals surface area contributed by atoms with Crippen molar-refractivity contribution in [2.24, 2.45) is 5.73 Å². The minimum atomic E-state index is -0.860. The number of carboxylic acids is 1. The van der Waals surface area contributed by atoms with E-state index in [1.165, 1.54) is 0 Å². The van der Waals surface area contributed by atoms with E-state index in [1.54, 1.807) is 0 Å². The fourth-order valence-electron chi connectivity index (χ4n) is 1.58. The van der Waals surface area contributed by atoms with Crippen molar-refractivity contribution in [2.45, 2.75) is 31.1 Å². The van der Waals surface area contributed by atoms with Crippen LogP contribution in [0.5, 0.6) is 0 Å².